The number of alkyl halides is 2. The molecule has 0 spiro atoms. The number of aromatic nitrogens is 4. The Kier molecular flexibility index (Phi) is 7.33. The van der Waals surface area contributed by atoms with Crippen molar-refractivity contribution in [3.8, 4) is 5.82 Å². The highest BCUT2D eigenvalue weighted by Gasteiger charge is 2.27. The van der Waals surface area contributed by atoms with Crippen molar-refractivity contribution in [1.29, 1.82) is 0 Å². The standard InChI is InChI=1S/C24H29F2N7O4/c25-21(26)22-28-17-3-1-2-4-18(17)33(22)20-11-19(32-9-10-37-14-16(32)13-34)29-23(30-20)27-12-15-5-7-31(8-6-15)24(35)36/h1-4,11,15-16,21,34H,5-10,12-14H2,(H,35,36)(H,27,29,30)/t16-/m0/s1. The number of imidazole rings is 1. The molecule has 3 aromatic rings. The maximum absolute atomic E-state index is 14.1. The van der Waals surface area contributed by atoms with Gasteiger partial charge in [0.25, 0.3) is 6.43 Å². The molecule has 3 N–H and O–H groups in total. The number of nitrogens with zero attached hydrogens (tertiary/aromatic N) is 6. The zero-order valence-electron chi connectivity index (χ0n) is 20.1. The summed E-state index contributed by atoms with van der Waals surface area (Å²) in [6.07, 6.45) is -2.35. The number of piperidine rings is 1. The molecule has 0 bridgehead atoms. The van der Waals surface area contributed by atoms with E-state index in [1.807, 2.05) is 4.90 Å². The van der Waals surface area contributed by atoms with Gasteiger partial charge in [-0.3, -0.25) is 4.57 Å². The van der Waals surface area contributed by atoms with Crippen LogP contribution in [-0.4, -0.2) is 92.8 Å². The van der Waals surface area contributed by atoms with Crippen LogP contribution in [0.4, 0.5) is 25.3 Å². The number of amides is 1. The number of rotatable bonds is 7. The summed E-state index contributed by atoms with van der Waals surface area (Å²) < 4.78 is 35.0. The number of aliphatic hydroxyl groups is 1. The number of ether oxygens (including phenoxy) is 1. The third-order valence-electron chi connectivity index (χ3n) is 6.88. The minimum absolute atomic E-state index is 0.152. The minimum atomic E-state index is -2.82. The Bertz CT molecular complexity index is 1250. The smallest absolute Gasteiger partial charge is 0.407 e. The number of carbonyl (C=O) groups is 1. The molecule has 2 saturated heterocycles. The van der Waals surface area contributed by atoms with Crippen molar-refractivity contribution in [3.63, 3.8) is 0 Å². The lowest BCUT2D eigenvalue weighted by Gasteiger charge is -2.35. The predicted molar refractivity (Wildman–Crippen MR) is 131 cm³/mol. The monoisotopic (exact) mass is 517 g/mol. The van der Waals surface area contributed by atoms with Crippen molar-refractivity contribution in [1.82, 2.24) is 24.4 Å². The normalized spacial score (nSPS) is 19.1. The van der Waals surface area contributed by atoms with Gasteiger partial charge in [-0.1, -0.05) is 12.1 Å². The second-order valence-corrected chi connectivity index (χ2v) is 9.20. The molecular formula is C24H29F2N7O4. The molecule has 2 aliphatic heterocycles. The molecule has 198 valence electrons. The number of anilines is 2. The van der Waals surface area contributed by atoms with Gasteiger partial charge in [-0.05, 0) is 30.9 Å². The average molecular weight is 518 g/mol. The van der Waals surface area contributed by atoms with Crippen molar-refractivity contribution in [2.24, 2.45) is 5.92 Å². The molecule has 1 amide bonds. The molecule has 2 aliphatic rings. The van der Waals surface area contributed by atoms with E-state index in [2.05, 4.69) is 20.3 Å². The van der Waals surface area contributed by atoms with Gasteiger partial charge in [0, 0.05) is 32.2 Å². The van der Waals surface area contributed by atoms with Gasteiger partial charge in [-0.25, -0.2) is 18.6 Å². The molecule has 37 heavy (non-hydrogen) atoms. The number of carboxylic acid groups (broad SMARTS) is 1. The Morgan fingerprint density at radius 2 is 1.89 bits per heavy atom. The largest absolute Gasteiger partial charge is 0.465 e. The Hall–Kier alpha value is -3.58. The Morgan fingerprint density at radius 3 is 2.62 bits per heavy atom. The molecule has 0 saturated carbocycles. The van der Waals surface area contributed by atoms with Crippen LogP contribution in [0.15, 0.2) is 30.3 Å². The van der Waals surface area contributed by atoms with Crippen molar-refractivity contribution in [3.05, 3.63) is 36.2 Å². The van der Waals surface area contributed by atoms with Gasteiger partial charge in [0.2, 0.25) is 5.95 Å². The first-order valence-corrected chi connectivity index (χ1v) is 12.3. The summed E-state index contributed by atoms with van der Waals surface area (Å²) in [4.78, 5) is 27.9. The van der Waals surface area contributed by atoms with E-state index in [-0.39, 0.29) is 30.3 Å². The second-order valence-electron chi connectivity index (χ2n) is 9.20. The molecule has 0 unspecified atom stereocenters. The maximum atomic E-state index is 14.1. The highest BCUT2D eigenvalue weighted by Crippen LogP contribution is 2.30. The van der Waals surface area contributed by atoms with E-state index in [9.17, 15) is 23.8 Å². The van der Waals surface area contributed by atoms with E-state index in [1.165, 1.54) is 9.47 Å². The Labute approximate surface area is 211 Å². The lowest BCUT2D eigenvalue weighted by atomic mass is 9.97. The lowest BCUT2D eigenvalue weighted by Crippen LogP contribution is -2.48. The molecule has 4 heterocycles. The van der Waals surface area contributed by atoms with E-state index in [0.29, 0.717) is 69.1 Å². The number of hydrogen-bond acceptors (Lipinski definition) is 8. The van der Waals surface area contributed by atoms with Gasteiger partial charge in [0.1, 0.15) is 11.6 Å². The molecule has 2 fully saturated rings. The number of aliphatic hydroxyl groups excluding tert-OH is 1. The van der Waals surface area contributed by atoms with Gasteiger partial charge in [0.05, 0.1) is 36.9 Å². The number of nitrogens with one attached hydrogen (secondary N) is 1. The molecule has 1 atom stereocenters. The van der Waals surface area contributed by atoms with E-state index in [4.69, 9.17) is 4.74 Å². The zero-order valence-corrected chi connectivity index (χ0v) is 20.1. The van der Waals surface area contributed by atoms with Gasteiger partial charge in [0.15, 0.2) is 5.82 Å². The molecule has 13 heteroatoms. The van der Waals surface area contributed by atoms with Crippen LogP contribution < -0.4 is 10.2 Å². The topological polar surface area (TPSA) is 129 Å². The van der Waals surface area contributed by atoms with Crippen molar-refractivity contribution in [2.75, 3.05) is 56.2 Å². The van der Waals surface area contributed by atoms with Crippen molar-refractivity contribution < 1.29 is 28.5 Å². The molecule has 2 aromatic heterocycles. The van der Waals surface area contributed by atoms with Crippen molar-refractivity contribution >= 4 is 28.9 Å². The van der Waals surface area contributed by atoms with Crippen LogP contribution in [0.2, 0.25) is 0 Å². The second kappa shape index (κ2) is 10.8. The third kappa shape index (κ3) is 5.27. The van der Waals surface area contributed by atoms with Crippen LogP contribution >= 0.6 is 0 Å². The van der Waals surface area contributed by atoms with Crippen LogP contribution in [0.25, 0.3) is 16.9 Å². The third-order valence-corrected chi connectivity index (χ3v) is 6.88. The SMILES string of the molecule is O=C(O)N1CCC(CNc2nc(N3CCOC[C@@H]3CO)cc(-n3c(C(F)F)nc4ccccc43)n2)CC1. The number of hydrogen-bond donors (Lipinski definition) is 3. The molecule has 0 aliphatic carbocycles. The molecule has 1 aromatic carbocycles. The summed E-state index contributed by atoms with van der Waals surface area (Å²) in [6, 6.07) is 8.17. The number of benzene rings is 1. The lowest BCUT2D eigenvalue weighted by molar-refractivity contribution is 0.0723. The summed E-state index contributed by atoms with van der Waals surface area (Å²) in [5, 5.41) is 22.3. The highest BCUT2D eigenvalue weighted by atomic mass is 19.3. The average Bonchev–Trinajstić information content (AvgIpc) is 3.32. The number of morpholine rings is 1. The van der Waals surface area contributed by atoms with Gasteiger partial charge >= 0.3 is 6.09 Å². The highest BCUT2D eigenvalue weighted by molar-refractivity contribution is 5.78. The van der Waals surface area contributed by atoms with Crippen LogP contribution in [0, 0.1) is 5.92 Å². The fourth-order valence-electron chi connectivity index (χ4n) is 4.87. The molecule has 11 nitrogen and oxygen atoms in total. The summed E-state index contributed by atoms with van der Waals surface area (Å²) in [6.45, 7) is 2.50. The number of likely N-dealkylation sites (tertiary alicyclic amines) is 1. The maximum Gasteiger partial charge on any atom is 0.407 e. The molecule has 5 rings (SSSR count). The number of para-hydroxylation sites is 2. The van der Waals surface area contributed by atoms with Crippen LogP contribution in [-0.2, 0) is 4.74 Å². The summed E-state index contributed by atoms with van der Waals surface area (Å²) in [7, 11) is 0. The zero-order chi connectivity index (χ0) is 25.9. The van der Waals surface area contributed by atoms with Gasteiger partial charge < -0.3 is 30.1 Å². The Morgan fingerprint density at radius 1 is 1.14 bits per heavy atom. The van der Waals surface area contributed by atoms with Crippen LogP contribution in [0.5, 0.6) is 0 Å². The predicted octanol–water partition coefficient (Wildman–Crippen LogP) is 2.75. The van der Waals surface area contributed by atoms with E-state index >= 15 is 0 Å². The molecule has 0 radical (unpaired) electrons. The summed E-state index contributed by atoms with van der Waals surface area (Å²) in [5.41, 5.74) is 0.924. The Balaban J connectivity index is 1.50. The summed E-state index contributed by atoms with van der Waals surface area (Å²) in [5.74, 6) is 0.771. The van der Waals surface area contributed by atoms with Crippen LogP contribution in [0.1, 0.15) is 25.1 Å². The minimum Gasteiger partial charge on any atom is -0.465 e. The number of halogens is 2. The number of fused-ring (bicyclic) bond motifs is 1. The fourth-order valence-corrected chi connectivity index (χ4v) is 4.87. The molecular weight excluding hydrogens is 488 g/mol. The van der Waals surface area contributed by atoms with E-state index in [1.54, 1.807) is 30.3 Å². The van der Waals surface area contributed by atoms with Crippen LogP contribution in [0.3, 0.4) is 0 Å². The summed E-state index contributed by atoms with van der Waals surface area (Å²) >= 11 is 0. The first-order valence-electron chi connectivity index (χ1n) is 12.3. The van der Waals surface area contributed by atoms with E-state index in [0.717, 1.165) is 0 Å². The van der Waals surface area contributed by atoms with Gasteiger partial charge in [-0.2, -0.15) is 9.97 Å². The first kappa shape index (κ1) is 25.1. The fraction of sp³-hybridized carbons (Fsp3) is 0.500. The van der Waals surface area contributed by atoms with E-state index < -0.39 is 18.3 Å². The van der Waals surface area contributed by atoms with Crippen molar-refractivity contribution in [2.45, 2.75) is 25.3 Å². The first-order chi connectivity index (χ1) is 17.9. The van der Waals surface area contributed by atoms with Gasteiger partial charge in [-0.15, -0.1) is 0 Å². The quantitative estimate of drug-likeness (QED) is 0.433.